The minimum absolute atomic E-state index is 0.0375. The molecule has 1 aliphatic rings. The molecule has 5 heteroatoms. The number of benzene rings is 1. The molecule has 0 spiro atoms. The van der Waals surface area contributed by atoms with Crippen LogP contribution >= 0.6 is 0 Å². The van der Waals surface area contributed by atoms with E-state index in [1.807, 2.05) is 0 Å². The van der Waals surface area contributed by atoms with Crippen molar-refractivity contribution < 1.29 is 23.0 Å². The lowest BCUT2D eigenvalue weighted by Crippen LogP contribution is -2.20. The van der Waals surface area contributed by atoms with Crippen molar-refractivity contribution in [3.8, 4) is 0 Å². The lowest BCUT2D eigenvalue weighted by Gasteiger charge is -2.08. The Labute approximate surface area is 97.3 Å². The zero-order chi connectivity index (χ0) is 12.6. The molecule has 0 bridgehead atoms. The molecule has 1 aromatic rings. The van der Waals surface area contributed by atoms with Crippen molar-refractivity contribution in [2.75, 3.05) is 6.61 Å². The van der Waals surface area contributed by atoms with Crippen LogP contribution in [0.4, 0.5) is 8.78 Å². The van der Waals surface area contributed by atoms with Gasteiger partial charge in [-0.25, -0.2) is 13.6 Å². The molecular formula is C12H12F2O3. The van der Waals surface area contributed by atoms with Crippen LogP contribution in [0.2, 0.25) is 0 Å². The fourth-order valence-electron chi connectivity index (χ4n) is 1.78. The third kappa shape index (κ3) is 2.02. The summed E-state index contributed by atoms with van der Waals surface area (Å²) in [7, 11) is 0. The van der Waals surface area contributed by atoms with E-state index in [0.717, 1.165) is 18.2 Å². The van der Waals surface area contributed by atoms with E-state index in [1.54, 1.807) is 6.92 Å². The first-order valence-corrected chi connectivity index (χ1v) is 5.29. The molecule has 2 rings (SSSR count). The minimum atomic E-state index is -1.13. The van der Waals surface area contributed by atoms with Crippen LogP contribution in [-0.4, -0.2) is 18.7 Å². The van der Waals surface area contributed by atoms with Crippen LogP contribution in [0.15, 0.2) is 18.2 Å². The fourth-order valence-corrected chi connectivity index (χ4v) is 1.78. The number of epoxide rings is 1. The number of carbonyl (C=O) groups is 1. The van der Waals surface area contributed by atoms with Gasteiger partial charge in [-0.05, 0) is 32.0 Å². The molecule has 0 aromatic heterocycles. The van der Waals surface area contributed by atoms with Gasteiger partial charge >= 0.3 is 5.97 Å². The highest BCUT2D eigenvalue weighted by Crippen LogP contribution is 2.47. The zero-order valence-electron chi connectivity index (χ0n) is 9.50. The highest BCUT2D eigenvalue weighted by Gasteiger charge is 2.60. The van der Waals surface area contributed by atoms with Crippen LogP contribution in [0.1, 0.15) is 19.4 Å². The second-order valence-corrected chi connectivity index (χ2v) is 3.98. The van der Waals surface area contributed by atoms with Crippen LogP contribution in [0.5, 0.6) is 0 Å². The Balaban J connectivity index is 2.24. The van der Waals surface area contributed by atoms with Gasteiger partial charge < -0.3 is 9.47 Å². The largest absolute Gasteiger partial charge is 0.464 e. The first-order chi connectivity index (χ1) is 7.99. The van der Waals surface area contributed by atoms with E-state index in [1.165, 1.54) is 6.92 Å². The monoisotopic (exact) mass is 242 g/mol. The topological polar surface area (TPSA) is 38.8 Å². The molecule has 1 aromatic carbocycles. The fraction of sp³-hybridized carbons (Fsp3) is 0.417. The quantitative estimate of drug-likeness (QED) is 0.602. The van der Waals surface area contributed by atoms with E-state index in [0.29, 0.717) is 0 Å². The van der Waals surface area contributed by atoms with Crippen LogP contribution in [0.25, 0.3) is 0 Å². The van der Waals surface area contributed by atoms with E-state index < -0.39 is 29.3 Å². The molecule has 0 saturated carbocycles. The van der Waals surface area contributed by atoms with Crippen molar-refractivity contribution >= 4 is 5.97 Å². The lowest BCUT2D eigenvalue weighted by atomic mass is 9.96. The van der Waals surface area contributed by atoms with Gasteiger partial charge in [-0.3, -0.25) is 0 Å². The van der Waals surface area contributed by atoms with Gasteiger partial charge in [0.2, 0.25) is 0 Å². The molecule has 0 radical (unpaired) electrons. The summed E-state index contributed by atoms with van der Waals surface area (Å²) in [5.41, 5.74) is -1.09. The minimum Gasteiger partial charge on any atom is -0.464 e. The Morgan fingerprint density at radius 3 is 2.88 bits per heavy atom. The van der Waals surface area contributed by atoms with E-state index >= 15 is 0 Å². The maximum absolute atomic E-state index is 13.5. The highest BCUT2D eigenvalue weighted by molar-refractivity contribution is 5.79. The Bertz CT molecular complexity index is 461. The maximum atomic E-state index is 13.5. The summed E-state index contributed by atoms with van der Waals surface area (Å²) in [6.07, 6.45) is -0.862. The molecule has 0 N–H and O–H groups in total. The number of halogens is 2. The zero-order valence-corrected chi connectivity index (χ0v) is 9.50. The third-order valence-corrected chi connectivity index (χ3v) is 2.77. The standard InChI is InChI=1S/C12H12F2O3/c1-3-16-11(15)10-12(2,17-10)8-6-7(13)4-5-9(8)14/h4-6,10H,3H2,1-2H3. The lowest BCUT2D eigenvalue weighted by molar-refractivity contribution is -0.144. The summed E-state index contributed by atoms with van der Waals surface area (Å²) in [4.78, 5) is 11.4. The molecule has 1 heterocycles. The van der Waals surface area contributed by atoms with Crippen molar-refractivity contribution in [2.24, 2.45) is 0 Å². The summed E-state index contributed by atoms with van der Waals surface area (Å²) < 4.78 is 36.5. The second-order valence-electron chi connectivity index (χ2n) is 3.98. The molecule has 17 heavy (non-hydrogen) atoms. The van der Waals surface area contributed by atoms with Crippen LogP contribution < -0.4 is 0 Å². The summed E-state index contributed by atoms with van der Waals surface area (Å²) in [6.45, 7) is 3.42. The molecular weight excluding hydrogens is 230 g/mol. The van der Waals surface area contributed by atoms with Gasteiger partial charge in [0.15, 0.2) is 6.10 Å². The first kappa shape index (κ1) is 12.0. The Kier molecular flexibility index (Phi) is 2.87. The van der Waals surface area contributed by atoms with Crippen molar-refractivity contribution in [1.29, 1.82) is 0 Å². The third-order valence-electron chi connectivity index (χ3n) is 2.77. The highest BCUT2D eigenvalue weighted by atomic mass is 19.1. The first-order valence-electron chi connectivity index (χ1n) is 5.29. The van der Waals surface area contributed by atoms with Crippen molar-refractivity contribution in [3.63, 3.8) is 0 Å². The average Bonchev–Trinajstić information content (AvgIpc) is 2.96. The average molecular weight is 242 g/mol. The Morgan fingerprint density at radius 1 is 1.53 bits per heavy atom. The molecule has 2 unspecified atom stereocenters. The number of ether oxygens (including phenoxy) is 2. The Morgan fingerprint density at radius 2 is 2.24 bits per heavy atom. The van der Waals surface area contributed by atoms with Gasteiger partial charge in [0.1, 0.15) is 17.2 Å². The number of carbonyl (C=O) groups excluding carboxylic acids is 1. The number of hydrogen-bond donors (Lipinski definition) is 0. The molecule has 2 atom stereocenters. The molecule has 0 amide bonds. The van der Waals surface area contributed by atoms with E-state index in [9.17, 15) is 13.6 Å². The van der Waals surface area contributed by atoms with Gasteiger partial charge in [-0.1, -0.05) is 0 Å². The number of hydrogen-bond acceptors (Lipinski definition) is 3. The van der Waals surface area contributed by atoms with E-state index in [2.05, 4.69) is 0 Å². The molecule has 1 saturated heterocycles. The SMILES string of the molecule is CCOC(=O)C1OC1(C)c1cc(F)ccc1F. The molecule has 0 aliphatic carbocycles. The van der Waals surface area contributed by atoms with Gasteiger partial charge in [-0.2, -0.15) is 0 Å². The smallest absolute Gasteiger partial charge is 0.338 e. The Hall–Kier alpha value is -1.49. The predicted molar refractivity (Wildman–Crippen MR) is 55.2 cm³/mol. The molecule has 3 nitrogen and oxygen atoms in total. The van der Waals surface area contributed by atoms with Gasteiger partial charge in [0, 0.05) is 5.56 Å². The van der Waals surface area contributed by atoms with Crippen molar-refractivity contribution in [2.45, 2.75) is 25.6 Å². The van der Waals surface area contributed by atoms with Crippen molar-refractivity contribution in [1.82, 2.24) is 0 Å². The summed E-state index contributed by atoms with van der Waals surface area (Å²) >= 11 is 0. The van der Waals surface area contributed by atoms with E-state index in [4.69, 9.17) is 9.47 Å². The van der Waals surface area contributed by atoms with E-state index in [-0.39, 0.29) is 12.2 Å². The van der Waals surface area contributed by atoms with Crippen LogP contribution in [0.3, 0.4) is 0 Å². The molecule has 1 fully saturated rings. The summed E-state index contributed by atoms with van der Waals surface area (Å²) in [6, 6.07) is 3.07. The maximum Gasteiger partial charge on any atom is 0.338 e. The van der Waals surface area contributed by atoms with Gasteiger partial charge in [0.25, 0.3) is 0 Å². The molecule has 92 valence electrons. The van der Waals surface area contributed by atoms with Crippen molar-refractivity contribution in [3.05, 3.63) is 35.4 Å². The van der Waals surface area contributed by atoms with Gasteiger partial charge in [-0.15, -0.1) is 0 Å². The number of rotatable bonds is 3. The second kappa shape index (κ2) is 4.07. The van der Waals surface area contributed by atoms with Gasteiger partial charge in [0.05, 0.1) is 6.61 Å². The summed E-state index contributed by atoms with van der Waals surface area (Å²) in [5.74, 6) is -1.72. The summed E-state index contributed by atoms with van der Waals surface area (Å²) in [5, 5.41) is 0. The van der Waals surface area contributed by atoms with Crippen LogP contribution in [-0.2, 0) is 19.9 Å². The molecule has 1 aliphatic heterocycles. The normalized spacial score (nSPS) is 26.7. The number of esters is 1. The predicted octanol–water partition coefficient (Wildman–Crippen LogP) is 2.14. The van der Waals surface area contributed by atoms with Crippen LogP contribution in [0, 0.1) is 11.6 Å².